The maximum absolute atomic E-state index is 8.64. The molecule has 17 heavy (non-hydrogen) atoms. The zero-order valence-corrected chi connectivity index (χ0v) is 11.9. The van der Waals surface area contributed by atoms with Gasteiger partial charge < -0.3 is 5.32 Å². The zero-order chi connectivity index (χ0) is 12.9. The lowest BCUT2D eigenvalue weighted by molar-refractivity contribution is 0.205. The Morgan fingerprint density at radius 3 is 2.53 bits per heavy atom. The lowest BCUT2D eigenvalue weighted by Gasteiger charge is -2.35. The van der Waals surface area contributed by atoms with Gasteiger partial charge in [0.2, 0.25) is 0 Å². The van der Waals surface area contributed by atoms with E-state index in [1.807, 2.05) is 0 Å². The molecule has 0 spiro atoms. The summed E-state index contributed by atoms with van der Waals surface area (Å²) in [5, 5.41) is 12.4. The average molecular weight is 236 g/mol. The van der Waals surface area contributed by atoms with Crippen molar-refractivity contribution >= 4 is 0 Å². The molecule has 0 bridgehead atoms. The average Bonchev–Trinajstić information content (AvgIpc) is 2.28. The van der Waals surface area contributed by atoms with Gasteiger partial charge in [0.1, 0.15) is 0 Å². The molecule has 0 aromatic carbocycles. The van der Waals surface area contributed by atoms with E-state index in [9.17, 15) is 0 Å². The third-order valence-electron chi connectivity index (χ3n) is 4.38. The molecule has 1 rings (SSSR count). The van der Waals surface area contributed by atoms with Crippen LogP contribution in [0.25, 0.3) is 0 Å². The van der Waals surface area contributed by atoms with Crippen molar-refractivity contribution in [3.63, 3.8) is 0 Å². The molecule has 2 heteroatoms. The van der Waals surface area contributed by atoms with Crippen molar-refractivity contribution in [3.05, 3.63) is 0 Å². The van der Waals surface area contributed by atoms with Crippen LogP contribution in [0.5, 0.6) is 0 Å². The normalized spacial score (nSPS) is 29.9. The second-order valence-corrected chi connectivity index (χ2v) is 6.67. The number of nitrogens with zero attached hydrogens (tertiary/aromatic N) is 1. The molecule has 0 heterocycles. The maximum atomic E-state index is 8.64. The third kappa shape index (κ3) is 5.08. The summed E-state index contributed by atoms with van der Waals surface area (Å²) in [6, 6.07) is 2.94. The van der Waals surface area contributed by atoms with Gasteiger partial charge in [0.25, 0.3) is 0 Å². The van der Waals surface area contributed by atoms with Crippen LogP contribution in [0.2, 0.25) is 0 Å². The summed E-state index contributed by atoms with van der Waals surface area (Å²) >= 11 is 0. The summed E-state index contributed by atoms with van der Waals surface area (Å²) in [6.45, 7) is 10.3. The highest BCUT2D eigenvalue weighted by molar-refractivity contribution is 4.83. The highest BCUT2D eigenvalue weighted by Crippen LogP contribution is 2.30. The van der Waals surface area contributed by atoms with Crippen molar-refractivity contribution in [2.24, 2.45) is 17.3 Å². The molecule has 1 aliphatic rings. The van der Waals surface area contributed by atoms with E-state index < -0.39 is 0 Å². The predicted octanol–water partition coefficient (Wildman–Crippen LogP) is 3.73. The monoisotopic (exact) mass is 236 g/mol. The van der Waals surface area contributed by atoms with Crippen LogP contribution < -0.4 is 5.32 Å². The van der Waals surface area contributed by atoms with E-state index in [-0.39, 0.29) is 5.41 Å². The number of nitriles is 1. The summed E-state index contributed by atoms with van der Waals surface area (Å²) in [7, 11) is 0. The molecule has 1 N–H and O–H groups in total. The van der Waals surface area contributed by atoms with Crippen LogP contribution in [0, 0.1) is 28.6 Å². The second kappa shape index (κ2) is 6.40. The fourth-order valence-corrected chi connectivity index (χ4v) is 2.64. The van der Waals surface area contributed by atoms with Crippen LogP contribution in [-0.2, 0) is 0 Å². The molecule has 1 fully saturated rings. The smallest absolute Gasteiger partial charge is 0.0621 e. The van der Waals surface area contributed by atoms with Crippen LogP contribution >= 0.6 is 0 Å². The SMILES string of the molecule is CC1CCC(NCC(C)(C)CCC#N)CC1C. The van der Waals surface area contributed by atoms with Crippen molar-refractivity contribution in [3.8, 4) is 6.07 Å². The highest BCUT2D eigenvalue weighted by Gasteiger charge is 2.26. The summed E-state index contributed by atoms with van der Waals surface area (Å²) in [4.78, 5) is 0. The maximum Gasteiger partial charge on any atom is 0.0621 e. The minimum atomic E-state index is 0.252. The Labute approximate surface area is 107 Å². The molecular weight excluding hydrogens is 208 g/mol. The quantitative estimate of drug-likeness (QED) is 0.789. The number of hydrogen-bond acceptors (Lipinski definition) is 2. The highest BCUT2D eigenvalue weighted by atomic mass is 14.9. The Hall–Kier alpha value is -0.550. The van der Waals surface area contributed by atoms with Crippen LogP contribution in [0.3, 0.4) is 0 Å². The minimum Gasteiger partial charge on any atom is -0.313 e. The van der Waals surface area contributed by atoms with Gasteiger partial charge in [0.15, 0.2) is 0 Å². The first kappa shape index (κ1) is 14.5. The zero-order valence-electron chi connectivity index (χ0n) is 11.9. The number of nitrogens with one attached hydrogen (secondary N) is 1. The van der Waals surface area contributed by atoms with Crippen LogP contribution in [0.15, 0.2) is 0 Å². The lowest BCUT2D eigenvalue weighted by Crippen LogP contribution is -2.41. The van der Waals surface area contributed by atoms with Gasteiger partial charge in [-0.2, -0.15) is 5.26 Å². The Bertz CT molecular complexity index is 265. The molecule has 0 saturated heterocycles. The first-order valence-corrected chi connectivity index (χ1v) is 7.05. The van der Waals surface area contributed by atoms with Gasteiger partial charge in [-0.3, -0.25) is 0 Å². The van der Waals surface area contributed by atoms with E-state index in [0.29, 0.717) is 12.5 Å². The fourth-order valence-electron chi connectivity index (χ4n) is 2.64. The van der Waals surface area contributed by atoms with E-state index in [4.69, 9.17) is 5.26 Å². The van der Waals surface area contributed by atoms with Gasteiger partial charge in [0.05, 0.1) is 6.07 Å². The van der Waals surface area contributed by atoms with Crippen molar-refractivity contribution in [1.29, 1.82) is 5.26 Å². The Kier molecular flexibility index (Phi) is 5.46. The molecule has 0 aromatic heterocycles. The summed E-state index contributed by atoms with van der Waals surface area (Å²) in [6.07, 6.45) is 5.66. The lowest BCUT2D eigenvalue weighted by atomic mass is 9.78. The topological polar surface area (TPSA) is 35.8 Å². The molecule has 3 atom stereocenters. The second-order valence-electron chi connectivity index (χ2n) is 6.67. The third-order valence-corrected chi connectivity index (χ3v) is 4.38. The van der Waals surface area contributed by atoms with Gasteiger partial charge in [0, 0.05) is 19.0 Å². The standard InChI is InChI=1S/C15H28N2/c1-12-6-7-14(10-13(12)2)17-11-15(3,4)8-5-9-16/h12-14,17H,5-8,10-11H2,1-4H3. The largest absolute Gasteiger partial charge is 0.313 e. The molecule has 0 aliphatic heterocycles. The van der Waals surface area contributed by atoms with Crippen LogP contribution in [-0.4, -0.2) is 12.6 Å². The molecular formula is C15H28N2. The summed E-state index contributed by atoms with van der Waals surface area (Å²) in [5.74, 6) is 1.74. The predicted molar refractivity (Wildman–Crippen MR) is 72.6 cm³/mol. The van der Waals surface area contributed by atoms with E-state index in [1.54, 1.807) is 0 Å². The first-order valence-electron chi connectivity index (χ1n) is 7.05. The molecule has 98 valence electrons. The summed E-state index contributed by atoms with van der Waals surface area (Å²) < 4.78 is 0. The number of rotatable bonds is 5. The molecule has 1 aliphatic carbocycles. The Morgan fingerprint density at radius 2 is 1.94 bits per heavy atom. The summed E-state index contributed by atoms with van der Waals surface area (Å²) in [5.41, 5.74) is 0.252. The first-order chi connectivity index (χ1) is 7.94. The minimum absolute atomic E-state index is 0.252. The van der Waals surface area contributed by atoms with Gasteiger partial charge in [-0.25, -0.2) is 0 Å². The molecule has 3 unspecified atom stereocenters. The molecule has 0 amide bonds. The molecule has 1 saturated carbocycles. The fraction of sp³-hybridized carbons (Fsp3) is 0.933. The molecule has 2 nitrogen and oxygen atoms in total. The van der Waals surface area contributed by atoms with Crippen molar-refractivity contribution in [2.75, 3.05) is 6.54 Å². The van der Waals surface area contributed by atoms with Gasteiger partial charge >= 0.3 is 0 Å². The van der Waals surface area contributed by atoms with Crippen molar-refractivity contribution < 1.29 is 0 Å². The van der Waals surface area contributed by atoms with Crippen LogP contribution in [0.1, 0.15) is 59.8 Å². The van der Waals surface area contributed by atoms with E-state index in [2.05, 4.69) is 39.1 Å². The van der Waals surface area contributed by atoms with Crippen LogP contribution in [0.4, 0.5) is 0 Å². The Morgan fingerprint density at radius 1 is 1.24 bits per heavy atom. The van der Waals surface area contributed by atoms with Gasteiger partial charge in [-0.1, -0.05) is 27.7 Å². The number of hydrogen-bond donors (Lipinski definition) is 1. The van der Waals surface area contributed by atoms with E-state index in [1.165, 1.54) is 19.3 Å². The molecule has 0 aromatic rings. The van der Waals surface area contributed by atoms with E-state index in [0.717, 1.165) is 24.8 Å². The molecule has 0 radical (unpaired) electrons. The Balaban J connectivity index is 2.28. The van der Waals surface area contributed by atoms with Crippen molar-refractivity contribution in [2.45, 2.75) is 65.8 Å². The van der Waals surface area contributed by atoms with Gasteiger partial charge in [-0.15, -0.1) is 0 Å². The van der Waals surface area contributed by atoms with E-state index >= 15 is 0 Å². The van der Waals surface area contributed by atoms with Gasteiger partial charge in [-0.05, 0) is 42.9 Å². The van der Waals surface area contributed by atoms with Crippen molar-refractivity contribution in [1.82, 2.24) is 5.32 Å².